The van der Waals surface area contributed by atoms with Crippen molar-refractivity contribution in [2.75, 3.05) is 0 Å². The largest absolute Gasteiger partial charge is 0.444 e. The van der Waals surface area contributed by atoms with Crippen LogP contribution in [0.15, 0.2) is 33.7 Å². The average molecular weight is 532 g/mol. The van der Waals surface area contributed by atoms with Gasteiger partial charge in [-0.3, -0.25) is 5.32 Å². The van der Waals surface area contributed by atoms with Crippen molar-refractivity contribution >= 4 is 29.2 Å². The molecule has 0 radical (unpaired) electrons. The fraction of sp³-hybridized carbons (Fsp3) is 0.630. The molecular formula is C27H41N5O6. The van der Waals surface area contributed by atoms with Crippen molar-refractivity contribution in [3.05, 3.63) is 30.2 Å². The van der Waals surface area contributed by atoms with Crippen molar-refractivity contribution in [3.63, 3.8) is 0 Å². The van der Waals surface area contributed by atoms with Crippen LogP contribution in [0, 0.1) is 5.92 Å². The van der Waals surface area contributed by atoms with Crippen molar-refractivity contribution < 1.29 is 28.6 Å². The van der Waals surface area contributed by atoms with E-state index in [2.05, 4.69) is 20.6 Å². The number of rotatable bonds is 5. The Balaban J connectivity index is 1.55. The minimum Gasteiger partial charge on any atom is -0.444 e. The summed E-state index contributed by atoms with van der Waals surface area (Å²) in [5.41, 5.74) is 6.20. The molecule has 5 N–H and O–H groups in total. The summed E-state index contributed by atoms with van der Waals surface area (Å²) in [6.07, 6.45) is 1.30. The van der Waals surface area contributed by atoms with Gasteiger partial charge in [-0.15, -0.1) is 4.99 Å². The van der Waals surface area contributed by atoms with Gasteiger partial charge in [-0.2, -0.15) is 0 Å². The van der Waals surface area contributed by atoms with Crippen molar-refractivity contribution in [3.8, 4) is 0 Å². The van der Waals surface area contributed by atoms with E-state index in [1.54, 1.807) is 47.6 Å². The third-order valence-electron chi connectivity index (χ3n) is 5.98. The zero-order valence-electron chi connectivity index (χ0n) is 23.1. The first-order valence-corrected chi connectivity index (χ1v) is 13.1. The summed E-state index contributed by atoms with van der Waals surface area (Å²) in [6.45, 7) is 10.5. The molecule has 38 heavy (non-hydrogen) atoms. The average Bonchev–Trinajstić information content (AvgIpc) is 3.21. The van der Waals surface area contributed by atoms with Gasteiger partial charge in [-0.25, -0.2) is 14.6 Å². The molecule has 1 unspecified atom stereocenters. The molecule has 1 fully saturated rings. The minimum atomic E-state index is -0.996. The Bertz CT molecular complexity index is 1090. The zero-order chi connectivity index (χ0) is 28.1. The maximum atomic E-state index is 12.3. The van der Waals surface area contributed by atoms with Crippen LogP contribution in [0.4, 0.5) is 9.59 Å². The van der Waals surface area contributed by atoms with Gasteiger partial charge in [-0.1, -0.05) is 12.1 Å². The molecular weight excluding hydrogens is 490 g/mol. The van der Waals surface area contributed by atoms with Crippen LogP contribution in [0.5, 0.6) is 0 Å². The zero-order valence-corrected chi connectivity index (χ0v) is 23.1. The Labute approximate surface area is 223 Å². The van der Waals surface area contributed by atoms with E-state index >= 15 is 0 Å². The third kappa shape index (κ3) is 9.29. The van der Waals surface area contributed by atoms with Gasteiger partial charge in [0.1, 0.15) is 22.8 Å². The normalized spacial score (nSPS) is 20.5. The van der Waals surface area contributed by atoms with Gasteiger partial charge >= 0.3 is 12.2 Å². The second-order valence-electron chi connectivity index (χ2n) is 11.8. The van der Waals surface area contributed by atoms with E-state index in [-0.39, 0.29) is 17.9 Å². The molecule has 1 aliphatic rings. The number of amides is 2. The molecule has 11 heteroatoms. The van der Waals surface area contributed by atoms with Crippen LogP contribution in [-0.4, -0.2) is 51.5 Å². The number of oxazole rings is 1. The maximum absolute atomic E-state index is 12.3. The van der Waals surface area contributed by atoms with E-state index < -0.39 is 35.5 Å². The number of nitrogens with one attached hydrogen (secondary N) is 2. The minimum absolute atomic E-state index is 0.0139. The number of aromatic nitrogens is 1. The fourth-order valence-corrected chi connectivity index (χ4v) is 4.32. The molecule has 11 nitrogen and oxygen atoms in total. The lowest BCUT2D eigenvalue weighted by atomic mass is 9.81. The number of carbonyl (C=O) groups is 2. The molecule has 210 valence electrons. The number of alkyl carbamates (subject to hydrolysis) is 1. The number of guanidine groups is 1. The number of ether oxygens (including phenoxy) is 2. The molecule has 0 aliphatic heterocycles. The summed E-state index contributed by atoms with van der Waals surface area (Å²) in [7, 11) is 0. The maximum Gasteiger partial charge on any atom is 0.437 e. The smallest absolute Gasteiger partial charge is 0.437 e. The third-order valence-corrected chi connectivity index (χ3v) is 5.98. The number of benzene rings is 1. The summed E-state index contributed by atoms with van der Waals surface area (Å²) in [5.74, 6) is 0.512. The summed E-state index contributed by atoms with van der Waals surface area (Å²) in [6, 6.07) is 6.79. The lowest BCUT2D eigenvalue weighted by molar-refractivity contribution is 0.0559. The summed E-state index contributed by atoms with van der Waals surface area (Å²) in [4.78, 5) is 32.9. The second-order valence-corrected chi connectivity index (χ2v) is 11.8. The van der Waals surface area contributed by atoms with Crippen LogP contribution in [-0.2, 0) is 9.47 Å². The quantitative estimate of drug-likeness (QED) is 0.320. The van der Waals surface area contributed by atoms with Crippen LogP contribution in [0.3, 0.4) is 0 Å². The fourth-order valence-electron chi connectivity index (χ4n) is 4.32. The molecule has 1 aliphatic carbocycles. The van der Waals surface area contributed by atoms with Crippen LogP contribution >= 0.6 is 0 Å². The molecule has 1 aromatic heterocycles. The van der Waals surface area contributed by atoms with Crippen molar-refractivity contribution in [1.29, 1.82) is 0 Å². The van der Waals surface area contributed by atoms with Crippen LogP contribution in [0.25, 0.3) is 11.1 Å². The number of aliphatic imine (C=N–C) groups is 1. The monoisotopic (exact) mass is 531 g/mol. The first-order valence-electron chi connectivity index (χ1n) is 13.1. The molecule has 2 amide bonds. The Morgan fingerprint density at radius 2 is 1.74 bits per heavy atom. The Morgan fingerprint density at radius 3 is 2.34 bits per heavy atom. The van der Waals surface area contributed by atoms with Gasteiger partial charge in [0.15, 0.2) is 5.58 Å². The Hall–Kier alpha value is -3.18. The van der Waals surface area contributed by atoms with E-state index in [1.165, 1.54) is 0 Å². The lowest BCUT2D eigenvalue weighted by Gasteiger charge is -2.32. The predicted octanol–water partition coefficient (Wildman–Crippen LogP) is 4.54. The standard InChI is InChI=1S/C27H41N5O6/c1-26(2,3)37-24(34)31-23(32-25(35)38-27(4,5)6)29-17-13-11-16(12-14-17)15-18(28)21(33)22-30-19-9-7-8-10-20(19)36-22/h7-10,16-18,21,33H,11-15,28H2,1-6H3,(H2,29,31,32,34,35)/t16-,17-,18-,21?/m0/s1. The van der Waals surface area contributed by atoms with Gasteiger partial charge < -0.3 is 30.0 Å². The van der Waals surface area contributed by atoms with Gasteiger partial charge in [0.05, 0.1) is 0 Å². The molecule has 1 saturated carbocycles. The van der Waals surface area contributed by atoms with Gasteiger partial charge in [0, 0.05) is 12.1 Å². The predicted molar refractivity (Wildman–Crippen MR) is 143 cm³/mol. The number of aliphatic hydroxyl groups excluding tert-OH is 1. The van der Waals surface area contributed by atoms with E-state index in [0.29, 0.717) is 23.4 Å². The van der Waals surface area contributed by atoms with Crippen molar-refractivity contribution in [1.82, 2.24) is 15.6 Å². The molecule has 2 atom stereocenters. The van der Waals surface area contributed by atoms with Crippen LogP contribution in [0.1, 0.15) is 85.6 Å². The SMILES string of the molecule is CC(C)(C)OC(=O)/N=C(\NC(=O)OC(C)(C)C)N[C@H]1CC[C@H](C[C@H](N)C(O)c2nc3ccccc3o2)CC1. The molecule has 3 rings (SSSR count). The van der Waals surface area contributed by atoms with Gasteiger partial charge in [-0.05, 0) is 91.7 Å². The van der Waals surface area contributed by atoms with Gasteiger partial charge in [0.25, 0.3) is 0 Å². The Kier molecular flexibility index (Phi) is 9.37. The highest BCUT2D eigenvalue weighted by Crippen LogP contribution is 2.31. The lowest BCUT2D eigenvalue weighted by Crippen LogP contribution is -2.49. The van der Waals surface area contributed by atoms with Crippen LogP contribution in [0.2, 0.25) is 0 Å². The summed E-state index contributed by atoms with van der Waals surface area (Å²) >= 11 is 0. The molecule has 2 aromatic rings. The van der Waals surface area contributed by atoms with Crippen molar-refractivity contribution in [2.45, 2.75) is 103 Å². The topological polar surface area (TPSA) is 161 Å². The number of nitrogens with zero attached hydrogens (tertiary/aromatic N) is 2. The Morgan fingerprint density at radius 1 is 1.11 bits per heavy atom. The molecule has 1 aromatic carbocycles. The number of aliphatic hydroxyl groups is 1. The highest BCUT2D eigenvalue weighted by molar-refractivity contribution is 5.99. The molecule has 0 bridgehead atoms. The summed E-state index contributed by atoms with van der Waals surface area (Å²) in [5, 5.41) is 16.4. The summed E-state index contributed by atoms with van der Waals surface area (Å²) < 4.78 is 16.3. The number of carbonyl (C=O) groups excluding carboxylic acids is 2. The number of fused-ring (bicyclic) bond motifs is 1. The number of hydrogen-bond donors (Lipinski definition) is 4. The second kappa shape index (κ2) is 12.1. The highest BCUT2D eigenvalue weighted by Gasteiger charge is 2.29. The number of para-hydroxylation sites is 2. The first-order chi connectivity index (χ1) is 17.7. The van der Waals surface area contributed by atoms with Gasteiger partial charge in [0.2, 0.25) is 11.9 Å². The van der Waals surface area contributed by atoms with E-state index in [9.17, 15) is 14.7 Å². The first kappa shape index (κ1) is 29.4. The highest BCUT2D eigenvalue weighted by atomic mass is 16.6. The van der Waals surface area contributed by atoms with E-state index in [1.807, 2.05) is 18.2 Å². The van der Waals surface area contributed by atoms with Crippen molar-refractivity contribution in [2.24, 2.45) is 16.6 Å². The molecule has 1 heterocycles. The number of nitrogens with two attached hydrogens (primary N) is 1. The van der Waals surface area contributed by atoms with Crippen LogP contribution < -0.4 is 16.4 Å². The van der Waals surface area contributed by atoms with E-state index in [4.69, 9.17) is 19.6 Å². The molecule has 0 saturated heterocycles. The number of hydrogen-bond acceptors (Lipinski definition) is 8. The van der Waals surface area contributed by atoms with E-state index in [0.717, 1.165) is 25.7 Å². The molecule has 0 spiro atoms.